The lowest BCUT2D eigenvalue weighted by atomic mass is 10.1. The van der Waals surface area contributed by atoms with Crippen LogP contribution >= 0.6 is 39.1 Å². The minimum atomic E-state index is 0.225. The van der Waals surface area contributed by atoms with E-state index in [0.717, 1.165) is 36.2 Å². The minimum absolute atomic E-state index is 0.225. The average molecular weight is 310 g/mol. The van der Waals surface area contributed by atoms with E-state index in [1.54, 1.807) is 6.20 Å². The summed E-state index contributed by atoms with van der Waals surface area (Å²) in [7, 11) is 0. The van der Waals surface area contributed by atoms with E-state index in [1.165, 1.54) is 0 Å². The van der Waals surface area contributed by atoms with Gasteiger partial charge < -0.3 is 4.90 Å². The molecule has 1 aliphatic heterocycles. The van der Waals surface area contributed by atoms with Crippen molar-refractivity contribution in [3.05, 3.63) is 21.8 Å². The van der Waals surface area contributed by atoms with Crippen LogP contribution in [-0.4, -0.2) is 23.5 Å². The van der Waals surface area contributed by atoms with E-state index >= 15 is 0 Å². The summed E-state index contributed by atoms with van der Waals surface area (Å²) in [4.78, 5) is 6.52. The van der Waals surface area contributed by atoms with Crippen LogP contribution in [0.25, 0.3) is 0 Å². The molecule has 1 fully saturated rings. The highest BCUT2D eigenvalue weighted by molar-refractivity contribution is 9.10. The van der Waals surface area contributed by atoms with Gasteiger partial charge in [0.15, 0.2) is 0 Å². The number of hydrogen-bond acceptors (Lipinski definition) is 2. The van der Waals surface area contributed by atoms with Gasteiger partial charge in [0.1, 0.15) is 5.82 Å². The van der Waals surface area contributed by atoms with Crippen LogP contribution in [0.5, 0.6) is 0 Å². The van der Waals surface area contributed by atoms with E-state index in [2.05, 4.69) is 25.8 Å². The number of pyridine rings is 1. The molecule has 2 nitrogen and oxygen atoms in total. The monoisotopic (exact) mass is 308 g/mol. The van der Waals surface area contributed by atoms with Gasteiger partial charge in [0.05, 0.1) is 14.9 Å². The van der Waals surface area contributed by atoms with Crippen LogP contribution in [0.1, 0.15) is 12.8 Å². The first-order valence-electron chi connectivity index (χ1n) is 4.87. The lowest BCUT2D eigenvalue weighted by molar-refractivity contribution is 0.579. The fourth-order valence-electron chi connectivity index (χ4n) is 1.76. The number of piperidine rings is 1. The third-order valence-corrected chi connectivity index (χ3v) is 3.60. The molecule has 1 saturated heterocycles. The summed E-state index contributed by atoms with van der Waals surface area (Å²) < 4.78 is 0.931. The van der Waals surface area contributed by atoms with Crippen LogP contribution in [0, 0.1) is 0 Å². The molecule has 0 spiro atoms. The van der Waals surface area contributed by atoms with E-state index in [9.17, 15) is 0 Å². The molecule has 1 aliphatic rings. The fraction of sp³-hybridized carbons (Fsp3) is 0.500. The summed E-state index contributed by atoms with van der Waals surface area (Å²) in [6.07, 6.45) is 3.87. The molecule has 1 atom stereocenters. The van der Waals surface area contributed by atoms with Gasteiger partial charge in [-0.05, 0) is 34.8 Å². The molecule has 0 saturated carbocycles. The van der Waals surface area contributed by atoms with Crippen LogP contribution in [0.3, 0.4) is 0 Å². The molecule has 1 aromatic heterocycles. The largest absolute Gasteiger partial charge is 0.354 e. The Hall–Kier alpha value is 0.01000. The molecular weight excluding hydrogens is 299 g/mol. The number of nitrogens with zero attached hydrogens (tertiary/aromatic N) is 2. The van der Waals surface area contributed by atoms with Crippen molar-refractivity contribution in [3.63, 3.8) is 0 Å². The van der Waals surface area contributed by atoms with E-state index in [-0.39, 0.29) is 5.38 Å². The SMILES string of the molecule is Clc1cnc(N2CCCC(Cl)C2)c(Br)c1. The van der Waals surface area contributed by atoms with Crippen molar-refractivity contribution in [1.82, 2.24) is 4.98 Å². The van der Waals surface area contributed by atoms with Crippen LogP contribution < -0.4 is 4.90 Å². The van der Waals surface area contributed by atoms with Crippen molar-refractivity contribution in [3.8, 4) is 0 Å². The zero-order valence-corrected chi connectivity index (χ0v) is 11.2. The van der Waals surface area contributed by atoms with Gasteiger partial charge in [-0.1, -0.05) is 11.6 Å². The van der Waals surface area contributed by atoms with Gasteiger partial charge in [-0.2, -0.15) is 0 Å². The molecule has 0 radical (unpaired) electrons. The molecule has 2 heterocycles. The van der Waals surface area contributed by atoms with Crippen molar-refractivity contribution in [1.29, 1.82) is 0 Å². The Kier molecular flexibility index (Phi) is 3.75. The minimum Gasteiger partial charge on any atom is -0.354 e. The van der Waals surface area contributed by atoms with Gasteiger partial charge in [0.2, 0.25) is 0 Å². The first kappa shape index (κ1) is 11.5. The second-order valence-electron chi connectivity index (χ2n) is 3.64. The molecule has 0 bridgehead atoms. The number of halogens is 3. The molecule has 0 aromatic carbocycles. The van der Waals surface area contributed by atoms with Gasteiger partial charge >= 0.3 is 0 Å². The van der Waals surface area contributed by atoms with Crippen molar-refractivity contribution in [2.24, 2.45) is 0 Å². The summed E-state index contributed by atoms with van der Waals surface area (Å²) in [6.45, 7) is 1.87. The third kappa shape index (κ3) is 2.77. The Morgan fingerprint density at radius 2 is 2.33 bits per heavy atom. The Labute approximate surface area is 108 Å². The standard InChI is InChI=1S/C10H11BrCl2N2/c11-9-4-8(13)5-14-10(9)15-3-1-2-7(12)6-15/h4-5,7H,1-3,6H2. The third-order valence-electron chi connectivity index (χ3n) is 2.45. The second kappa shape index (κ2) is 4.89. The molecule has 0 N–H and O–H groups in total. The number of alkyl halides is 1. The predicted molar refractivity (Wildman–Crippen MR) is 68.0 cm³/mol. The number of rotatable bonds is 1. The maximum absolute atomic E-state index is 6.13. The lowest BCUT2D eigenvalue weighted by Gasteiger charge is -2.31. The Morgan fingerprint density at radius 3 is 3.00 bits per heavy atom. The number of aromatic nitrogens is 1. The highest BCUT2D eigenvalue weighted by Gasteiger charge is 2.20. The first-order valence-corrected chi connectivity index (χ1v) is 6.47. The van der Waals surface area contributed by atoms with Crippen LogP contribution in [0.15, 0.2) is 16.7 Å². The molecule has 1 aromatic rings. The van der Waals surface area contributed by atoms with Crippen LogP contribution in [0.4, 0.5) is 5.82 Å². The van der Waals surface area contributed by atoms with Gasteiger partial charge in [-0.15, -0.1) is 11.6 Å². The average Bonchev–Trinajstić information content (AvgIpc) is 2.17. The molecular formula is C10H11BrCl2N2. The highest BCUT2D eigenvalue weighted by Crippen LogP contribution is 2.29. The van der Waals surface area contributed by atoms with E-state index in [0.29, 0.717) is 5.02 Å². The van der Waals surface area contributed by atoms with Crippen LogP contribution in [0.2, 0.25) is 5.02 Å². The summed E-state index contributed by atoms with van der Waals surface area (Å²) in [6, 6.07) is 1.86. The predicted octanol–water partition coefficient (Wildman–Crippen LogP) is 3.71. The Bertz CT molecular complexity index is 359. The topological polar surface area (TPSA) is 16.1 Å². The van der Waals surface area contributed by atoms with E-state index in [4.69, 9.17) is 23.2 Å². The maximum Gasteiger partial charge on any atom is 0.143 e. The molecule has 0 aliphatic carbocycles. The summed E-state index contributed by atoms with van der Waals surface area (Å²) >= 11 is 15.5. The van der Waals surface area contributed by atoms with E-state index < -0.39 is 0 Å². The molecule has 5 heteroatoms. The maximum atomic E-state index is 6.13. The zero-order chi connectivity index (χ0) is 10.8. The van der Waals surface area contributed by atoms with E-state index in [1.807, 2.05) is 6.07 Å². The van der Waals surface area contributed by atoms with Gasteiger partial charge in [-0.25, -0.2) is 4.98 Å². The van der Waals surface area contributed by atoms with Gasteiger partial charge in [0.25, 0.3) is 0 Å². The highest BCUT2D eigenvalue weighted by atomic mass is 79.9. The molecule has 15 heavy (non-hydrogen) atoms. The number of anilines is 1. The normalized spacial score (nSPS) is 21.8. The summed E-state index contributed by atoms with van der Waals surface area (Å²) in [5, 5.41) is 0.869. The molecule has 1 unspecified atom stereocenters. The Morgan fingerprint density at radius 1 is 1.53 bits per heavy atom. The Balaban J connectivity index is 2.21. The van der Waals surface area contributed by atoms with Gasteiger partial charge in [-0.3, -0.25) is 0 Å². The molecule has 0 amide bonds. The van der Waals surface area contributed by atoms with Gasteiger partial charge in [0, 0.05) is 19.3 Å². The zero-order valence-electron chi connectivity index (χ0n) is 8.09. The van der Waals surface area contributed by atoms with Crippen molar-refractivity contribution in [2.75, 3.05) is 18.0 Å². The van der Waals surface area contributed by atoms with Crippen LogP contribution in [-0.2, 0) is 0 Å². The van der Waals surface area contributed by atoms with Crippen molar-refractivity contribution < 1.29 is 0 Å². The first-order chi connectivity index (χ1) is 7.16. The quantitative estimate of drug-likeness (QED) is 0.735. The summed E-state index contributed by atoms with van der Waals surface area (Å²) in [5.41, 5.74) is 0. The molecule has 2 rings (SSSR count). The second-order valence-corrected chi connectivity index (χ2v) is 5.55. The molecule has 82 valence electrons. The lowest BCUT2D eigenvalue weighted by Crippen LogP contribution is -2.36. The van der Waals surface area contributed by atoms with Crippen molar-refractivity contribution >= 4 is 44.9 Å². The smallest absolute Gasteiger partial charge is 0.143 e. The fourth-order valence-corrected chi connectivity index (χ4v) is 2.97. The summed E-state index contributed by atoms with van der Waals surface area (Å²) in [5.74, 6) is 0.935. The number of hydrogen-bond donors (Lipinski definition) is 0. The van der Waals surface area contributed by atoms with Crippen molar-refractivity contribution in [2.45, 2.75) is 18.2 Å².